The highest BCUT2D eigenvalue weighted by atomic mass is 79.9. The molecular weight excluding hydrogens is 304 g/mol. The predicted molar refractivity (Wildman–Crippen MR) is 69.8 cm³/mol. The molecule has 1 unspecified atom stereocenters. The van der Waals surface area contributed by atoms with Crippen LogP contribution in [-0.2, 0) is 9.53 Å². The SMILES string of the molecule is COC(=O)C(Br)c1cc(OC)c(OC)c(OC)c1. The zero-order valence-electron chi connectivity index (χ0n) is 10.7. The number of benzene rings is 1. The summed E-state index contributed by atoms with van der Waals surface area (Å²) >= 11 is 3.26. The third-order valence-electron chi connectivity index (χ3n) is 2.39. The van der Waals surface area contributed by atoms with Gasteiger partial charge in [-0.1, -0.05) is 15.9 Å². The van der Waals surface area contributed by atoms with E-state index in [1.54, 1.807) is 12.1 Å². The maximum absolute atomic E-state index is 11.5. The summed E-state index contributed by atoms with van der Waals surface area (Å²) in [4.78, 5) is 10.9. The monoisotopic (exact) mass is 318 g/mol. The molecule has 0 heterocycles. The first kappa shape index (κ1) is 14.6. The van der Waals surface area contributed by atoms with Gasteiger partial charge in [0.05, 0.1) is 28.4 Å². The second kappa shape index (κ2) is 6.49. The molecule has 0 saturated carbocycles. The topological polar surface area (TPSA) is 54.0 Å². The fourth-order valence-electron chi connectivity index (χ4n) is 1.49. The fraction of sp³-hybridized carbons (Fsp3) is 0.417. The van der Waals surface area contributed by atoms with Gasteiger partial charge in [-0.3, -0.25) is 4.79 Å². The summed E-state index contributed by atoms with van der Waals surface area (Å²) in [6.45, 7) is 0. The van der Waals surface area contributed by atoms with E-state index in [2.05, 4.69) is 20.7 Å². The van der Waals surface area contributed by atoms with Crippen LogP contribution in [-0.4, -0.2) is 34.4 Å². The van der Waals surface area contributed by atoms with Gasteiger partial charge in [0.15, 0.2) is 11.5 Å². The van der Waals surface area contributed by atoms with E-state index in [-0.39, 0.29) is 0 Å². The van der Waals surface area contributed by atoms with Crippen molar-refractivity contribution in [2.24, 2.45) is 0 Å². The van der Waals surface area contributed by atoms with E-state index in [0.29, 0.717) is 22.8 Å². The van der Waals surface area contributed by atoms with Crippen molar-refractivity contribution in [3.05, 3.63) is 17.7 Å². The Morgan fingerprint density at radius 1 is 1.06 bits per heavy atom. The Kier molecular flexibility index (Phi) is 5.27. The van der Waals surface area contributed by atoms with Gasteiger partial charge in [0.25, 0.3) is 0 Å². The zero-order valence-corrected chi connectivity index (χ0v) is 12.2. The van der Waals surface area contributed by atoms with Gasteiger partial charge >= 0.3 is 5.97 Å². The molecule has 0 aliphatic heterocycles. The molecule has 0 aromatic heterocycles. The van der Waals surface area contributed by atoms with Gasteiger partial charge in [-0.05, 0) is 17.7 Å². The molecular formula is C12H15BrO5. The molecule has 0 amide bonds. The van der Waals surface area contributed by atoms with E-state index >= 15 is 0 Å². The van der Waals surface area contributed by atoms with E-state index in [0.717, 1.165) is 0 Å². The molecule has 0 bridgehead atoms. The standard InChI is InChI=1S/C12H15BrO5/c1-15-8-5-7(10(13)12(14)18-4)6-9(16-2)11(8)17-3/h5-6,10H,1-4H3. The Balaban J connectivity index is 3.27. The molecule has 0 aliphatic rings. The number of hydrogen-bond donors (Lipinski definition) is 0. The summed E-state index contributed by atoms with van der Waals surface area (Å²) < 4.78 is 20.3. The van der Waals surface area contributed by atoms with Gasteiger partial charge in [-0.2, -0.15) is 0 Å². The quantitative estimate of drug-likeness (QED) is 0.616. The Labute approximate surface area is 114 Å². The largest absolute Gasteiger partial charge is 0.493 e. The number of carbonyl (C=O) groups is 1. The minimum absolute atomic E-state index is 0.399. The second-order valence-electron chi connectivity index (χ2n) is 3.34. The molecule has 0 radical (unpaired) electrons. The van der Waals surface area contributed by atoms with Crippen molar-refractivity contribution in [3.8, 4) is 17.2 Å². The van der Waals surface area contributed by atoms with Gasteiger partial charge < -0.3 is 18.9 Å². The van der Waals surface area contributed by atoms with Crippen LogP contribution in [0.1, 0.15) is 10.4 Å². The predicted octanol–water partition coefficient (Wildman–Crippen LogP) is 2.32. The molecule has 5 nitrogen and oxygen atoms in total. The van der Waals surface area contributed by atoms with Crippen LogP contribution in [0.2, 0.25) is 0 Å². The first-order valence-corrected chi connectivity index (χ1v) is 6.02. The van der Waals surface area contributed by atoms with Crippen molar-refractivity contribution < 1.29 is 23.7 Å². The lowest BCUT2D eigenvalue weighted by Crippen LogP contribution is -2.09. The van der Waals surface area contributed by atoms with Crippen molar-refractivity contribution in [2.75, 3.05) is 28.4 Å². The molecule has 0 spiro atoms. The Morgan fingerprint density at radius 2 is 1.56 bits per heavy atom. The van der Waals surface area contributed by atoms with Crippen LogP contribution in [0.15, 0.2) is 12.1 Å². The van der Waals surface area contributed by atoms with Gasteiger partial charge in [-0.25, -0.2) is 0 Å². The van der Waals surface area contributed by atoms with Gasteiger partial charge in [-0.15, -0.1) is 0 Å². The first-order chi connectivity index (χ1) is 8.58. The molecule has 0 fully saturated rings. The Bertz CT molecular complexity index is 407. The average molecular weight is 319 g/mol. The van der Waals surface area contributed by atoms with Crippen molar-refractivity contribution >= 4 is 21.9 Å². The molecule has 1 aromatic rings. The number of methoxy groups -OCH3 is 4. The molecule has 0 aliphatic carbocycles. The van der Waals surface area contributed by atoms with E-state index in [1.807, 2.05) is 0 Å². The van der Waals surface area contributed by atoms with Crippen molar-refractivity contribution in [2.45, 2.75) is 4.83 Å². The van der Waals surface area contributed by atoms with E-state index in [9.17, 15) is 4.79 Å². The molecule has 18 heavy (non-hydrogen) atoms. The molecule has 0 saturated heterocycles. The third kappa shape index (κ3) is 2.87. The van der Waals surface area contributed by atoms with Crippen LogP contribution in [0.4, 0.5) is 0 Å². The van der Waals surface area contributed by atoms with Crippen LogP contribution >= 0.6 is 15.9 Å². The lowest BCUT2D eigenvalue weighted by atomic mass is 10.1. The summed E-state index contributed by atoms with van der Waals surface area (Å²) in [7, 11) is 5.88. The Morgan fingerprint density at radius 3 is 1.89 bits per heavy atom. The number of esters is 1. The van der Waals surface area contributed by atoms with Crippen molar-refractivity contribution in [1.82, 2.24) is 0 Å². The highest BCUT2D eigenvalue weighted by Gasteiger charge is 2.22. The summed E-state index contributed by atoms with van der Waals surface area (Å²) in [6.07, 6.45) is 0. The molecule has 6 heteroatoms. The molecule has 1 rings (SSSR count). The maximum atomic E-state index is 11.5. The summed E-state index contributed by atoms with van der Waals surface area (Å²) in [5.41, 5.74) is 0.663. The summed E-state index contributed by atoms with van der Waals surface area (Å²) in [5.74, 6) is 1.05. The fourth-order valence-corrected chi connectivity index (χ4v) is 1.94. The maximum Gasteiger partial charge on any atom is 0.324 e. The zero-order chi connectivity index (χ0) is 13.7. The molecule has 1 atom stereocenters. The molecule has 100 valence electrons. The lowest BCUT2D eigenvalue weighted by molar-refractivity contribution is -0.139. The molecule has 0 N–H and O–H groups in total. The number of ether oxygens (including phenoxy) is 4. The number of halogens is 1. The number of alkyl halides is 1. The van der Waals surface area contributed by atoms with E-state index < -0.39 is 10.8 Å². The summed E-state index contributed by atoms with van der Waals surface area (Å²) in [5, 5.41) is 0. The highest BCUT2D eigenvalue weighted by Crippen LogP contribution is 2.41. The number of carbonyl (C=O) groups excluding carboxylic acids is 1. The number of rotatable bonds is 5. The smallest absolute Gasteiger partial charge is 0.324 e. The highest BCUT2D eigenvalue weighted by molar-refractivity contribution is 9.09. The minimum Gasteiger partial charge on any atom is -0.493 e. The van der Waals surface area contributed by atoms with Crippen LogP contribution < -0.4 is 14.2 Å². The third-order valence-corrected chi connectivity index (χ3v) is 3.29. The van der Waals surface area contributed by atoms with Crippen LogP contribution in [0.5, 0.6) is 17.2 Å². The second-order valence-corrected chi connectivity index (χ2v) is 4.26. The van der Waals surface area contributed by atoms with E-state index in [4.69, 9.17) is 14.2 Å². The molecule has 1 aromatic carbocycles. The van der Waals surface area contributed by atoms with Gasteiger partial charge in [0.1, 0.15) is 4.83 Å². The minimum atomic E-state index is -0.587. The average Bonchev–Trinajstić information content (AvgIpc) is 2.43. The Hall–Kier alpha value is -1.43. The van der Waals surface area contributed by atoms with Crippen LogP contribution in [0.25, 0.3) is 0 Å². The first-order valence-electron chi connectivity index (χ1n) is 5.10. The normalized spacial score (nSPS) is 11.6. The summed E-state index contributed by atoms with van der Waals surface area (Å²) in [6, 6.07) is 3.38. The van der Waals surface area contributed by atoms with E-state index in [1.165, 1.54) is 28.4 Å². The lowest BCUT2D eigenvalue weighted by Gasteiger charge is -2.15. The van der Waals surface area contributed by atoms with Crippen molar-refractivity contribution in [3.63, 3.8) is 0 Å². The number of hydrogen-bond acceptors (Lipinski definition) is 5. The van der Waals surface area contributed by atoms with Crippen LogP contribution in [0.3, 0.4) is 0 Å². The van der Waals surface area contributed by atoms with Gasteiger partial charge in [0.2, 0.25) is 5.75 Å². The van der Waals surface area contributed by atoms with Gasteiger partial charge in [0, 0.05) is 0 Å². The van der Waals surface area contributed by atoms with Crippen LogP contribution in [0, 0.1) is 0 Å². The van der Waals surface area contributed by atoms with Crippen molar-refractivity contribution in [1.29, 1.82) is 0 Å².